The molecule has 1 aromatic carbocycles. The van der Waals surface area contributed by atoms with Crippen molar-refractivity contribution in [2.45, 2.75) is 25.8 Å². The van der Waals surface area contributed by atoms with E-state index in [0.29, 0.717) is 37.1 Å². The van der Waals surface area contributed by atoms with Crippen molar-refractivity contribution in [2.24, 2.45) is 5.92 Å². The van der Waals surface area contributed by atoms with Gasteiger partial charge in [-0.05, 0) is 48.6 Å². The summed E-state index contributed by atoms with van der Waals surface area (Å²) in [6.07, 6.45) is 3.21. The van der Waals surface area contributed by atoms with Gasteiger partial charge < -0.3 is 14.4 Å². The molecule has 1 saturated carbocycles. The lowest BCUT2D eigenvalue weighted by Crippen LogP contribution is -2.39. The molecule has 0 bridgehead atoms. The Balaban J connectivity index is 1.32. The molecular formula is C20H21FN2O3. The Hall–Kier alpha value is -2.63. The van der Waals surface area contributed by atoms with Gasteiger partial charge in [-0.1, -0.05) is 6.07 Å². The van der Waals surface area contributed by atoms with Gasteiger partial charge in [0.05, 0.1) is 12.3 Å². The van der Waals surface area contributed by atoms with E-state index >= 15 is 0 Å². The molecule has 0 spiro atoms. The fourth-order valence-corrected chi connectivity index (χ4v) is 2.94. The molecule has 4 rings (SSSR count). The zero-order valence-electron chi connectivity index (χ0n) is 14.5. The molecule has 6 heteroatoms. The number of ether oxygens (including phenoxy) is 2. The number of amides is 1. The van der Waals surface area contributed by atoms with Crippen LogP contribution in [0.1, 0.15) is 24.1 Å². The number of halogens is 1. The third-order valence-electron chi connectivity index (χ3n) is 4.72. The van der Waals surface area contributed by atoms with Crippen molar-refractivity contribution in [3.8, 4) is 11.6 Å². The summed E-state index contributed by atoms with van der Waals surface area (Å²) in [6, 6.07) is 9.52. The summed E-state index contributed by atoms with van der Waals surface area (Å²) in [5.41, 5.74) is 2.05. The standard InChI is InChI=1S/C20H21FN2O3/c21-16-4-6-17(7-5-16)25-13-20(24)23-10-9-18-15(11-23)3-8-19(22-18)26-12-14-1-2-14/h3-8,14H,1-2,9-13H2. The monoisotopic (exact) mass is 356 g/mol. The fraction of sp³-hybridized carbons (Fsp3) is 0.400. The minimum Gasteiger partial charge on any atom is -0.484 e. The maximum atomic E-state index is 12.9. The van der Waals surface area contributed by atoms with E-state index in [-0.39, 0.29) is 18.3 Å². The van der Waals surface area contributed by atoms with Gasteiger partial charge in [0.15, 0.2) is 6.61 Å². The van der Waals surface area contributed by atoms with Crippen LogP contribution in [0, 0.1) is 11.7 Å². The smallest absolute Gasteiger partial charge is 0.260 e. The SMILES string of the molecule is O=C(COc1ccc(F)cc1)N1CCc2nc(OCC3CC3)ccc2C1. The Labute approximate surface area is 151 Å². The van der Waals surface area contributed by atoms with E-state index in [4.69, 9.17) is 9.47 Å². The Morgan fingerprint density at radius 2 is 1.96 bits per heavy atom. The van der Waals surface area contributed by atoms with Gasteiger partial charge in [0.25, 0.3) is 5.91 Å². The van der Waals surface area contributed by atoms with Crippen LogP contribution in [0.4, 0.5) is 4.39 Å². The molecule has 1 aliphatic heterocycles. The molecule has 0 radical (unpaired) electrons. The Kier molecular flexibility index (Phi) is 4.73. The first-order chi connectivity index (χ1) is 12.7. The van der Waals surface area contributed by atoms with Crippen LogP contribution in [-0.4, -0.2) is 35.5 Å². The van der Waals surface area contributed by atoms with Gasteiger partial charge in [-0.2, -0.15) is 0 Å². The summed E-state index contributed by atoms with van der Waals surface area (Å²) in [5.74, 6) is 1.44. The predicted octanol–water partition coefficient (Wildman–Crippen LogP) is 2.97. The summed E-state index contributed by atoms with van der Waals surface area (Å²) in [7, 11) is 0. The van der Waals surface area contributed by atoms with Crippen LogP contribution < -0.4 is 9.47 Å². The topological polar surface area (TPSA) is 51.7 Å². The minimum absolute atomic E-state index is 0.0586. The molecule has 1 aromatic heterocycles. The lowest BCUT2D eigenvalue weighted by atomic mass is 10.1. The molecule has 0 unspecified atom stereocenters. The number of carbonyl (C=O) groups excluding carboxylic acids is 1. The van der Waals surface area contributed by atoms with Crippen molar-refractivity contribution >= 4 is 5.91 Å². The van der Waals surface area contributed by atoms with Gasteiger partial charge in [0, 0.05) is 25.6 Å². The molecule has 2 heterocycles. The van der Waals surface area contributed by atoms with Crippen molar-refractivity contribution < 1.29 is 18.7 Å². The third-order valence-corrected chi connectivity index (χ3v) is 4.72. The van der Waals surface area contributed by atoms with E-state index in [9.17, 15) is 9.18 Å². The van der Waals surface area contributed by atoms with Crippen LogP contribution >= 0.6 is 0 Å². The highest BCUT2D eigenvalue weighted by atomic mass is 19.1. The summed E-state index contributed by atoms with van der Waals surface area (Å²) >= 11 is 0. The quantitative estimate of drug-likeness (QED) is 0.799. The van der Waals surface area contributed by atoms with E-state index in [1.165, 1.54) is 37.1 Å². The van der Waals surface area contributed by atoms with E-state index in [0.717, 1.165) is 17.9 Å². The predicted molar refractivity (Wildman–Crippen MR) is 93.5 cm³/mol. The van der Waals surface area contributed by atoms with Crippen LogP contribution in [-0.2, 0) is 17.8 Å². The molecule has 0 saturated heterocycles. The van der Waals surface area contributed by atoms with E-state index in [1.807, 2.05) is 12.1 Å². The minimum atomic E-state index is -0.329. The van der Waals surface area contributed by atoms with Gasteiger partial charge in [-0.15, -0.1) is 0 Å². The maximum Gasteiger partial charge on any atom is 0.260 e. The lowest BCUT2D eigenvalue weighted by molar-refractivity contribution is -0.134. The lowest BCUT2D eigenvalue weighted by Gasteiger charge is -2.28. The summed E-state index contributed by atoms with van der Waals surface area (Å²) in [5, 5.41) is 0. The second-order valence-electron chi connectivity index (χ2n) is 6.82. The highest BCUT2D eigenvalue weighted by Crippen LogP contribution is 2.29. The number of carbonyl (C=O) groups is 1. The zero-order valence-corrected chi connectivity index (χ0v) is 14.5. The Bertz CT molecular complexity index is 790. The molecule has 0 N–H and O–H groups in total. The van der Waals surface area contributed by atoms with E-state index in [2.05, 4.69) is 4.98 Å². The van der Waals surface area contributed by atoms with Crippen molar-refractivity contribution in [3.63, 3.8) is 0 Å². The Morgan fingerprint density at radius 1 is 1.15 bits per heavy atom. The number of hydrogen-bond donors (Lipinski definition) is 0. The van der Waals surface area contributed by atoms with Gasteiger partial charge in [-0.3, -0.25) is 4.79 Å². The first-order valence-corrected chi connectivity index (χ1v) is 8.95. The number of pyridine rings is 1. The first kappa shape index (κ1) is 16.8. The maximum absolute atomic E-state index is 12.9. The van der Waals surface area contributed by atoms with Gasteiger partial charge in [0.2, 0.25) is 5.88 Å². The molecule has 1 aliphatic carbocycles. The fourth-order valence-electron chi connectivity index (χ4n) is 2.94. The van der Waals surface area contributed by atoms with Crippen LogP contribution in [0.25, 0.3) is 0 Å². The summed E-state index contributed by atoms with van der Waals surface area (Å²) in [4.78, 5) is 18.7. The largest absolute Gasteiger partial charge is 0.484 e. The average molecular weight is 356 g/mol. The summed E-state index contributed by atoms with van der Waals surface area (Å²) in [6.45, 7) is 1.82. The molecule has 0 atom stereocenters. The molecular weight excluding hydrogens is 335 g/mol. The zero-order chi connectivity index (χ0) is 17.9. The number of fused-ring (bicyclic) bond motifs is 1. The van der Waals surface area contributed by atoms with Crippen LogP contribution in [0.3, 0.4) is 0 Å². The first-order valence-electron chi connectivity index (χ1n) is 8.95. The number of hydrogen-bond acceptors (Lipinski definition) is 4. The van der Waals surface area contributed by atoms with Gasteiger partial charge >= 0.3 is 0 Å². The van der Waals surface area contributed by atoms with Crippen molar-refractivity contribution in [2.75, 3.05) is 19.8 Å². The average Bonchev–Trinajstić information content (AvgIpc) is 3.49. The van der Waals surface area contributed by atoms with E-state index < -0.39 is 0 Å². The second kappa shape index (κ2) is 7.32. The molecule has 136 valence electrons. The molecule has 26 heavy (non-hydrogen) atoms. The molecule has 2 aromatic rings. The highest BCUT2D eigenvalue weighted by molar-refractivity contribution is 5.78. The normalized spacial score (nSPS) is 16.1. The van der Waals surface area contributed by atoms with Gasteiger partial charge in [-0.25, -0.2) is 9.37 Å². The van der Waals surface area contributed by atoms with Gasteiger partial charge in [0.1, 0.15) is 11.6 Å². The number of nitrogens with zero attached hydrogens (tertiary/aromatic N) is 2. The van der Waals surface area contributed by atoms with Crippen molar-refractivity contribution in [1.82, 2.24) is 9.88 Å². The second-order valence-corrected chi connectivity index (χ2v) is 6.82. The van der Waals surface area contributed by atoms with Crippen LogP contribution in [0.5, 0.6) is 11.6 Å². The third kappa shape index (κ3) is 4.12. The van der Waals surface area contributed by atoms with Crippen LogP contribution in [0.2, 0.25) is 0 Å². The number of rotatable bonds is 6. The molecule has 2 aliphatic rings. The Morgan fingerprint density at radius 3 is 2.73 bits per heavy atom. The van der Waals surface area contributed by atoms with Crippen LogP contribution in [0.15, 0.2) is 36.4 Å². The molecule has 5 nitrogen and oxygen atoms in total. The molecule has 1 fully saturated rings. The number of aromatic nitrogens is 1. The molecule has 1 amide bonds. The van der Waals surface area contributed by atoms with E-state index in [1.54, 1.807) is 4.90 Å². The number of benzene rings is 1. The summed E-state index contributed by atoms with van der Waals surface area (Å²) < 4.78 is 24.1. The van der Waals surface area contributed by atoms with Crippen molar-refractivity contribution in [3.05, 3.63) is 53.5 Å². The highest BCUT2D eigenvalue weighted by Gasteiger charge is 2.24. The van der Waals surface area contributed by atoms with Crippen molar-refractivity contribution in [1.29, 1.82) is 0 Å².